The minimum absolute atomic E-state index is 0.324. The van der Waals surface area contributed by atoms with E-state index in [-0.39, 0.29) is 0 Å². The number of ether oxygens (including phenoxy) is 2. The van der Waals surface area contributed by atoms with E-state index in [2.05, 4.69) is 36.2 Å². The van der Waals surface area contributed by atoms with Crippen molar-refractivity contribution in [3.8, 4) is 11.3 Å². The molecule has 2 aliphatic rings. The Morgan fingerprint density at radius 1 is 0.962 bits per heavy atom. The van der Waals surface area contributed by atoms with Gasteiger partial charge in [-0.05, 0) is 6.92 Å². The number of rotatable bonds is 5. The summed E-state index contributed by atoms with van der Waals surface area (Å²) in [6, 6.07) is 0.324. The molecule has 4 rings (SSSR count). The quantitative estimate of drug-likeness (QED) is 0.792. The Hall–Kier alpha value is -2.03. The Labute approximate surface area is 153 Å². The third-order valence-corrected chi connectivity index (χ3v) is 4.99. The van der Waals surface area contributed by atoms with Gasteiger partial charge in [-0.25, -0.2) is 15.0 Å². The van der Waals surface area contributed by atoms with Crippen molar-refractivity contribution in [2.75, 3.05) is 64.1 Å². The van der Waals surface area contributed by atoms with Crippen molar-refractivity contribution in [3.05, 3.63) is 24.9 Å². The summed E-state index contributed by atoms with van der Waals surface area (Å²) < 4.78 is 13.0. The molecule has 2 aliphatic heterocycles. The van der Waals surface area contributed by atoms with E-state index in [1.54, 1.807) is 0 Å². The van der Waals surface area contributed by atoms with Gasteiger partial charge in [0.05, 0.1) is 44.6 Å². The minimum atomic E-state index is 0.324. The average Bonchev–Trinajstić information content (AvgIpc) is 3.20. The largest absolute Gasteiger partial charge is 0.379 e. The van der Waals surface area contributed by atoms with Gasteiger partial charge in [-0.2, -0.15) is 0 Å². The number of hydrogen-bond acceptors (Lipinski definition) is 7. The molecule has 140 valence electrons. The van der Waals surface area contributed by atoms with Crippen LogP contribution < -0.4 is 4.90 Å². The molecule has 26 heavy (non-hydrogen) atoms. The Morgan fingerprint density at radius 3 is 2.31 bits per heavy atom. The van der Waals surface area contributed by atoms with Crippen LogP contribution in [0.5, 0.6) is 0 Å². The summed E-state index contributed by atoms with van der Waals surface area (Å²) in [6.07, 6.45) is 7.58. The molecule has 0 saturated carbocycles. The van der Waals surface area contributed by atoms with Gasteiger partial charge in [0.2, 0.25) is 5.95 Å². The van der Waals surface area contributed by atoms with E-state index in [0.29, 0.717) is 6.04 Å². The first-order chi connectivity index (χ1) is 12.8. The zero-order chi connectivity index (χ0) is 17.8. The van der Waals surface area contributed by atoms with E-state index in [4.69, 9.17) is 9.47 Å². The van der Waals surface area contributed by atoms with E-state index in [1.165, 1.54) is 0 Å². The lowest BCUT2D eigenvalue weighted by Crippen LogP contribution is -2.39. The van der Waals surface area contributed by atoms with E-state index in [9.17, 15) is 0 Å². The summed E-state index contributed by atoms with van der Waals surface area (Å²) in [7, 11) is 0. The van der Waals surface area contributed by atoms with Crippen molar-refractivity contribution in [1.29, 1.82) is 0 Å². The first-order valence-electron chi connectivity index (χ1n) is 9.28. The fraction of sp³-hybridized carbons (Fsp3) is 0.611. The van der Waals surface area contributed by atoms with Gasteiger partial charge in [-0.15, -0.1) is 0 Å². The highest BCUT2D eigenvalue weighted by Crippen LogP contribution is 2.23. The fourth-order valence-electron chi connectivity index (χ4n) is 3.50. The summed E-state index contributed by atoms with van der Waals surface area (Å²) in [5.74, 6) is 0.768. The van der Waals surface area contributed by atoms with Crippen molar-refractivity contribution in [2.45, 2.75) is 13.0 Å². The molecular weight excluding hydrogens is 332 g/mol. The van der Waals surface area contributed by atoms with Crippen LogP contribution in [0.3, 0.4) is 0 Å². The standard InChI is InChI=1S/C18H26N6O2/c1-15(13-22-2-6-25-7-3-22)24-14-19-12-17(24)16-10-20-18(21-11-16)23-4-8-26-9-5-23/h10-12,14-15H,2-9,13H2,1H3/t15-/m1/s1. The number of nitrogens with zero attached hydrogens (tertiary/aromatic N) is 6. The summed E-state index contributed by atoms with van der Waals surface area (Å²) in [6.45, 7) is 9.98. The molecule has 0 spiro atoms. The van der Waals surface area contributed by atoms with Crippen LogP contribution in [-0.4, -0.2) is 83.6 Å². The number of morpholine rings is 2. The van der Waals surface area contributed by atoms with Crippen molar-refractivity contribution in [2.24, 2.45) is 0 Å². The molecule has 2 saturated heterocycles. The average molecular weight is 358 g/mol. The van der Waals surface area contributed by atoms with Crippen molar-refractivity contribution in [3.63, 3.8) is 0 Å². The maximum absolute atomic E-state index is 5.44. The lowest BCUT2D eigenvalue weighted by molar-refractivity contribution is 0.0326. The summed E-state index contributed by atoms with van der Waals surface area (Å²) in [5.41, 5.74) is 2.05. The van der Waals surface area contributed by atoms with Gasteiger partial charge in [0.15, 0.2) is 0 Å². The number of aromatic nitrogens is 4. The second kappa shape index (κ2) is 8.11. The molecule has 4 heterocycles. The van der Waals surface area contributed by atoms with E-state index in [1.807, 2.05) is 24.9 Å². The lowest BCUT2D eigenvalue weighted by Gasteiger charge is -2.30. The van der Waals surface area contributed by atoms with E-state index >= 15 is 0 Å². The molecule has 0 N–H and O–H groups in total. The highest BCUT2D eigenvalue weighted by molar-refractivity contribution is 5.57. The Kier molecular flexibility index (Phi) is 5.42. The third kappa shape index (κ3) is 3.87. The Balaban J connectivity index is 1.47. The molecule has 0 aromatic carbocycles. The summed E-state index contributed by atoms with van der Waals surface area (Å²) in [4.78, 5) is 18.1. The predicted molar refractivity (Wildman–Crippen MR) is 98.3 cm³/mol. The molecule has 0 amide bonds. The second-order valence-electron chi connectivity index (χ2n) is 6.82. The lowest BCUT2D eigenvalue weighted by atomic mass is 10.2. The van der Waals surface area contributed by atoms with Crippen LogP contribution >= 0.6 is 0 Å². The highest BCUT2D eigenvalue weighted by atomic mass is 16.5. The molecule has 2 fully saturated rings. The maximum Gasteiger partial charge on any atom is 0.225 e. The molecule has 0 aliphatic carbocycles. The molecule has 0 bridgehead atoms. The minimum Gasteiger partial charge on any atom is -0.379 e. The van der Waals surface area contributed by atoms with Crippen LogP contribution in [-0.2, 0) is 9.47 Å². The number of anilines is 1. The first kappa shape index (κ1) is 17.4. The molecule has 0 unspecified atom stereocenters. The molecule has 8 heteroatoms. The van der Waals surface area contributed by atoms with Crippen molar-refractivity contribution >= 4 is 5.95 Å². The highest BCUT2D eigenvalue weighted by Gasteiger charge is 2.18. The van der Waals surface area contributed by atoms with Gasteiger partial charge in [-0.1, -0.05) is 0 Å². The Morgan fingerprint density at radius 2 is 1.62 bits per heavy atom. The number of hydrogen-bond donors (Lipinski definition) is 0. The van der Waals surface area contributed by atoms with Gasteiger partial charge in [0.25, 0.3) is 0 Å². The molecule has 2 aromatic heterocycles. The molecule has 2 aromatic rings. The van der Waals surface area contributed by atoms with Gasteiger partial charge >= 0.3 is 0 Å². The SMILES string of the molecule is C[C@H](CN1CCOCC1)n1cncc1-c1cnc(N2CCOCC2)nc1. The topological polar surface area (TPSA) is 68.5 Å². The third-order valence-electron chi connectivity index (χ3n) is 4.99. The fourth-order valence-corrected chi connectivity index (χ4v) is 3.50. The van der Waals surface area contributed by atoms with Crippen molar-refractivity contribution in [1.82, 2.24) is 24.4 Å². The second-order valence-corrected chi connectivity index (χ2v) is 6.82. The number of imidazole rings is 1. The zero-order valence-corrected chi connectivity index (χ0v) is 15.3. The van der Waals surface area contributed by atoms with Gasteiger partial charge < -0.3 is 18.9 Å². The Bertz CT molecular complexity index is 692. The monoisotopic (exact) mass is 358 g/mol. The van der Waals surface area contributed by atoms with Crippen molar-refractivity contribution < 1.29 is 9.47 Å². The van der Waals surface area contributed by atoms with Gasteiger partial charge in [0, 0.05) is 56.7 Å². The van der Waals surface area contributed by atoms with E-state index < -0.39 is 0 Å². The van der Waals surface area contributed by atoms with Crippen LogP contribution in [0.25, 0.3) is 11.3 Å². The smallest absolute Gasteiger partial charge is 0.225 e. The maximum atomic E-state index is 5.44. The van der Waals surface area contributed by atoms with Crippen LogP contribution in [0.2, 0.25) is 0 Å². The van der Waals surface area contributed by atoms with Gasteiger partial charge in [-0.3, -0.25) is 4.90 Å². The van der Waals surface area contributed by atoms with Gasteiger partial charge in [0.1, 0.15) is 0 Å². The molecule has 1 atom stereocenters. The molecule has 0 radical (unpaired) electrons. The molecular formula is C18H26N6O2. The van der Waals surface area contributed by atoms with Crippen LogP contribution in [0.15, 0.2) is 24.9 Å². The molecule has 8 nitrogen and oxygen atoms in total. The normalized spacial score (nSPS) is 20.3. The van der Waals surface area contributed by atoms with Crippen LogP contribution in [0.4, 0.5) is 5.95 Å². The van der Waals surface area contributed by atoms with E-state index in [0.717, 1.165) is 76.4 Å². The zero-order valence-electron chi connectivity index (χ0n) is 15.3. The van der Waals surface area contributed by atoms with Crippen LogP contribution in [0, 0.1) is 0 Å². The van der Waals surface area contributed by atoms with Crippen LogP contribution in [0.1, 0.15) is 13.0 Å². The summed E-state index contributed by atoms with van der Waals surface area (Å²) in [5, 5.41) is 0. The summed E-state index contributed by atoms with van der Waals surface area (Å²) >= 11 is 0. The predicted octanol–water partition coefficient (Wildman–Crippen LogP) is 1.07. The first-order valence-corrected chi connectivity index (χ1v) is 9.28.